The minimum atomic E-state index is 0.0669. The van der Waals surface area contributed by atoms with Crippen LogP contribution in [0.2, 0.25) is 0 Å². The van der Waals surface area contributed by atoms with Crippen LogP contribution < -0.4 is 5.32 Å². The maximum atomic E-state index is 12.5. The summed E-state index contributed by atoms with van der Waals surface area (Å²) in [5.41, 5.74) is 5.00. The number of carbonyl (C=O) groups excluding carboxylic acids is 1. The molecular weight excluding hydrogens is 364 g/mol. The Morgan fingerprint density at radius 3 is 2.92 bits per heavy atom. The second kappa shape index (κ2) is 6.44. The number of hydrogen-bond donors (Lipinski definition) is 2. The van der Waals surface area contributed by atoms with Crippen LogP contribution in [0.4, 0.5) is 0 Å². The van der Waals surface area contributed by atoms with Gasteiger partial charge in [-0.15, -0.1) is 0 Å². The highest BCUT2D eigenvalue weighted by Crippen LogP contribution is 2.29. The molecule has 1 aromatic heterocycles. The Morgan fingerprint density at radius 1 is 1.17 bits per heavy atom. The molecule has 0 aliphatic heterocycles. The Balaban J connectivity index is 1.34. The van der Waals surface area contributed by atoms with Gasteiger partial charge < -0.3 is 10.3 Å². The van der Waals surface area contributed by atoms with Crippen LogP contribution in [0.5, 0.6) is 0 Å². The van der Waals surface area contributed by atoms with Crippen LogP contribution in [0.1, 0.15) is 16.7 Å². The molecule has 0 fully saturated rings. The zero-order chi connectivity index (χ0) is 16.5. The van der Waals surface area contributed by atoms with Gasteiger partial charge in [-0.25, -0.2) is 0 Å². The predicted molar refractivity (Wildman–Crippen MR) is 100 cm³/mol. The smallest absolute Gasteiger partial charge is 0.223 e. The van der Waals surface area contributed by atoms with E-state index in [0.717, 1.165) is 29.3 Å². The average Bonchev–Trinajstić information content (AvgIpc) is 3.18. The topological polar surface area (TPSA) is 44.9 Å². The lowest BCUT2D eigenvalue weighted by Gasteiger charge is -2.10. The first-order valence-electron chi connectivity index (χ1n) is 8.31. The van der Waals surface area contributed by atoms with Crippen LogP contribution in [0.25, 0.3) is 10.9 Å². The van der Waals surface area contributed by atoms with Crippen molar-refractivity contribution in [2.45, 2.75) is 19.3 Å². The summed E-state index contributed by atoms with van der Waals surface area (Å²) in [6.45, 7) is 0.678. The summed E-state index contributed by atoms with van der Waals surface area (Å²) in [5, 5.41) is 4.35. The number of benzene rings is 2. The molecule has 24 heavy (non-hydrogen) atoms. The van der Waals surface area contributed by atoms with Gasteiger partial charge in [-0.3, -0.25) is 4.79 Å². The van der Waals surface area contributed by atoms with E-state index in [2.05, 4.69) is 56.6 Å². The van der Waals surface area contributed by atoms with E-state index < -0.39 is 0 Å². The number of aromatic amines is 1. The number of aromatic nitrogens is 1. The molecule has 4 heteroatoms. The zero-order valence-electron chi connectivity index (χ0n) is 13.3. The number of rotatable bonds is 4. The first-order chi connectivity index (χ1) is 11.7. The van der Waals surface area contributed by atoms with Crippen LogP contribution in [-0.2, 0) is 24.1 Å². The molecule has 1 aliphatic carbocycles. The third-order valence-electron chi connectivity index (χ3n) is 4.84. The van der Waals surface area contributed by atoms with E-state index in [1.807, 2.05) is 18.3 Å². The molecule has 0 radical (unpaired) electrons. The van der Waals surface area contributed by atoms with E-state index >= 15 is 0 Å². The average molecular weight is 383 g/mol. The number of halogens is 1. The third kappa shape index (κ3) is 2.98. The second-order valence-corrected chi connectivity index (χ2v) is 7.33. The molecule has 3 aromatic rings. The van der Waals surface area contributed by atoms with Crippen molar-refractivity contribution in [2.24, 2.45) is 5.92 Å². The first kappa shape index (κ1) is 15.5. The second-order valence-electron chi connectivity index (χ2n) is 6.42. The molecule has 3 nitrogen and oxygen atoms in total. The number of hydrogen-bond acceptors (Lipinski definition) is 1. The van der Waals surface area contributed by atoms with Crippen LogP contribution in [0, 0.1) is 5.92 Å². The SMILES string of the molecule is O=C(NCCc1c[nH]c2ccccc12)C1Cc2ccc(Br)cc2C1. The molecule has 0 spiro atoms. The van der Waals surface area contributed by atoms with Gasteiger partial charge in [0.25, 0.3) is 0 Å². The van der Waals surface area contributed by atoms with Crippen LogP contribution in [0.15, 0.2) is 53.1 Å². The van der Waals surface area contributed by atoms with Crippen molar-refractivity contribution in [3.05, 3.63) is 69.8 Å². The molecule has 1 unspecified atom stereocenters. The number of fused-ring (bicyclic) bond motifs is 2. The normalized spacial score (nSPS) is 16.3. The lowest BCUT2D eigenvalue weighted by atomic mass is 10.1. The monoisotopic (exact) mass is 382 g/mol. The summed E-state index contributed by atoms with van der Waals surface area (Å²) < 4.78 is 1.08. The van der Waals surface area contributed by atoms with Crippen molar-refractivity contribution in [3.63, 3.8) is 0 Å². The predicted octanol–water partition coefficient (Wildman–Crippen LogP) is 4.00. The number of amides is 1. The molecule has 1 amide bonds. The molecule has 4 rings (SSSR count). The van der Waals surface area contributed by atoms with Gasteiger partial charge in [0.15, 0.2) is 0 Å². The molecule has 0 saturated heterocycles. The van der Waals surface area contributed by atoms with Gasteiger partial charge in [-0.1, -0.05) is 40.2 Å². The van der Waals surface area contributed by atoms with Crippen molar-refractivity contribution in [1.29, 1.82) is 0 Å². The van der Waals surface area contributed by atoms with Crippen molar-refractivity contribution in [3.8, 4) is 0 Å². The summed E-state index contributed by atoms with van der Waals surface area (Å²) in [6, 6.07) is 14.6. The quantitative estimate of drug-likeness (QED) is 0.703. The number of para-hydroxylation sites is 1. The Bertz CT molecular complexity index is 900. The van der Waals surface area contributed by atoms with Gasteiger partial charge >= 0.3 is 0 Å². The fourth-order valence-corrected chi connectivity index (χ4v) is 3.98. The highest BCUT2D eigenvalue weighted by Gasteiger charge is 2.27. The maximum Gasteiger partial charge on any atom is 0.223 e. The van der Waals surface area contributed by atoms with Crippen molar-refractivity contribution in [2.75, 3.05) is 6.54 Å². The fraction of sp³-hybridized carbons (Fsp3) is 0.250. The summed E-state index contributed by atoms with van der Waals surface area (Å²) in [6.07, 6.45) is 4.58. The van der Waals surface area contributed by atoms with Crippen molar-refractivity contribution < 1.29 is 4.79 Å². The molecule has 2 N–H and O–H groups in total. The largest absolute Gasteiger partial charge is 0.361 e. The molecular formula is C20H19BrN2O. The molecule has 0 bridgehead atoms. The van der Waals surface area contributed by atoms with E-state index in [1.165, 1.54) is 22.1 Å². The standard InChI is InChI=1S/C20H19BrN2O/c21-17-6-5-13-9-16(10-15(13)11-17)20(24)22-8-7-14-12-23-19-4-2-1-3-18(14)19/h1-6,11-12,16,23H,7-10H2,(H,22,24). The zero-order valence-corrected chi connectivity index (χ0v) is 14.9. The summed E-state index contributed by atoms with van der Waals surface area (Å²) in [7, 11) is 0. The lowest BCUT2D eigenvalue weighted by molar-refractivity contribution is -0.124. The van der Waals surface area contributed by atoms with Crippen molar-refractivity contribution >= 4 is 32.7 Å². The summed E-state index contributed by atoms with van der Waals surface area (Å²) in [4.78, 5) is 15.7. The van der Waals surface area contributed by atoms with Gasteiger partial charge in [0.1, 0.15) is 0 Å². The van der Waals surface area contributed by atoms with Crippen LogP contribution in [-0.4, -0.2) is 17.4 Å². The van der Waals surface area contributed by atoms with Gasteiger partial charge in [0.2, 0.25) is 5.91 Å². The van der Waals surface area contributed by atoms with Gasteiger partial charge in [0.05, 0.1) is 0 Å². The molecule has 1 atom stereocenters. The maximum absolute atomic E-state index is 12.5. The molecule has 1 heterocycles. The molecule has 1 aliphatic rings. The fourth-order valence-electron chi connectivity index (χ4n) is 3.58. The van der Waals surface area contributed by atoms with E-state index in [9.17, 15) is 4.79 Å². The summed E-state index contributed by atoms with van der Waals surface area (Å²) in [5.74, 6) is 0.236. The highest BCUT2D eigenvalue weighted by atomic mass is 79.9. The van der Waals surface area contributed by atoms with Gasteiger partial charge in [0, 0.05) is 34.0 Å². The van der Waals surface area contributed by atoms with E-state index in [4.69, 9.17) is 0 Å². The molecule has 2 aromatic carbocycles. The van der Waals surface area contributed by atoms with Gasteiger partial charge in [-0.05, 0) is 54.2 Å². The van der Waals surface area contributed by atoms with E-state index in [1.54, 1.807) is 0 Å². The third-order valence-corrected chi connectivity index (χ3v) is 5.33. The van der Waals surface area contributed by atoms with Gasteiger partial charge in [-0.2, -0.15) is 0 Å². The van der Waals surface area contributed by atoms with E-state index in [0.29, 0.717) is 6.54 Å². The lowest BCUT2D eigenvalue weighted by Crippen LogP contribution is -2.32. The Morgan fingerprint density at radius 2 is 2.00 bits per heavy atom. The van der Waals surface area contributed by atoms with E-state index in [-0.39, 0.29) is 11.8 Å². The Labute approximate surface area is 149 Å². The van der Waals surface area contributed by atoms with Crippen LogP contribution in [0.3, 0.4) is 0 Å². The summed E-state index contributed by atoms with van der Waals surface area (Å²) >= 11 is 3.50. The molecule has 122 valence electrons. The first-order valence-corrected chi connectivity index (χ1v) is 9.10. The number of nitrogens with one attached hydrogen (secondary N) is 2. The minimum Gasteiger partial charge on any atom is -0.361 e. The number of H-pyrrole nitrogens is 1. The van der Waals surface area contributed by atoms with Crippen LogP contribution >= 0.6 is 15.9 Å². The molecule has 0 saturated carbocycles. The highest BCUT2D eigenvalue weighted by molar-refractivity contribution is 9.10. The Kier molecular flexibility index (Phi) is 4.15. The number of carbonyl (C=O) groups is 1. The van der Waals surface area contributed by atoms with Crippen molar-refractivity contribution in [1.82, 2.24) is 10.3 Å². The Hall–Kier alpha value is -2.07. The minimum absolute atomic E-state index is 0.0669.